The number of anilines is 1. The van der Waals surface area contributed by atoms with E-state index in [1.165, 1.54) is 46.5 Å². The van der Waals surface area contributed by atoms with E-state index in [0.717, 1.165) is 25.1 Å². The monoisotopic (exact) mass is 394 g/mol. The van der Waals surface area contributed by atoms with Gasteiger partial charge in [-0.05, 0) is 30.4 Å². The van der Waals surface area contributed by atoms with E-state index < -0.39 is 0 Å². The van der Waals surface area contributed by atoms with Gasteiger partial charge in [-0.25, -0.2) is 0 Å². The first kappa shape index (κ1) is 20.0. The van der Waals surface area contributed by atoms with Crippen molar-refractivity contribution in [2.45, 2.75) is 32.6 Å². The minimum atomic E-state index is 1.01. The van der Waals surface area contributed by atoms with Crippen LogP contribution in [0.5, 0.6) is 0 Å². The number of allylic oxidation sites excluding steroid dienone is 2. The largest absolute Gasteiger partial charge is 0.384 e. The van der Waals surface area contributed by atoms with Crippen molar-refractivity contribution in [3.8, 4) is 22.3 Å². The van der Waals surface area contributed by atoms with E-state index in [2.05, 4.69) is 109 Å². The van der Waals surface area contributed by atoms with Gasteiger partial charge in [-0.1, -0.05) is 104 Å². The Morgan fingerprint density at radius 2 is 1.23 bits per heavy atom. The lowest BCUT2D eigenvalue weighted by molar-refractivity contribution is 0.707. The molecule has 3 aromatic carbocycles. The third-order valence-corrected chi connectivity index (χ3v) is 5.49. The third kappa shape index (κ3) is 4.65. The van der Waals surface area contributed by atoms with Crippen LogP contribution in [0.25, 0.3) is 22.3 Å². The minimum absolute atomic E-state index is 1.01. The van der Waals surface area contributed by atoms with Crippen LogP contribution in [0.4, 0.5) is 5.69 Å². The molecule has 0 fully saturated rings. The molecule has 1 aliphatic rings. The van der Waals surface area contributed by atoms with E-state index in [1.807, 2.05) is 0 Å². The van der Waals surface area contributed by atoms with Crippen LogP contribution in [-0.4, -0.2) is 6.54 Å². The van der Waals surface area contributed by atoms with Gasteiger partial charge in [0.25, 0.3) is 0 Å². The van der Waals surface area contributed by atoms with E-state index in [0.29, 0.717) is 0 Å². The van der Waals surface area contributed by atoms with Gasteiger partial charge in [0.15, 0.2) is 0 Å². The summed E-state index contributed by atoms with van der Waals surface area (Å²) >= 11 is 0. The summed E-state index contributed by atoms with van der Waals surface area (Å²) in [5, 5.41) is 7.46. The van der Waals surface area contributed by atoms with Crippen molar-refractivity contribution in [2.24, 2.45) is 0 Å². The number of unbranched alkanes of at least 4 members (excludes halogenated alkanes) is 1. The number of rotatable bonds is 8. The van der Waals surface area contributed by atoms with Crippen molar-refractivity contribution in [1.82, 2.24) is 5.32 Å². The lowest BCUT2D eigenvalue weighted by Gasteiger charge is -2.23. The topological polar surface area (TPSA) is 24.1 Å². The molecule has 0 saturated carbocycles. The van der Waals surface area contributed by atoms with Crippen LogP contribution in [0.1, 0.15) is 32.6 Å². The van der Waals surface area contributed by atoms with Gasteiger partial charge in [0.05, 0.1) is 17.1 Å². The summed E-state index contributed by atoms with van der Waals surface area (Å²) in [6, 6.07) is 27.8. The zero-order valence-electron chi connectivity index (χ0n) is 17.7. The molecule has 3 aromatic rings. The number of hydrogen-bond donors (Lipinski definition) is 2. The molecule has 1 aliphatic carbocycles. The zero-order chi connectivity index (χ0) is 20.6. The molecule has 0 radical (unpaired) electrons. The summed E-state index contributed by atoms with van der Waals surface area (Å²) < 4.78 is 0. The van der Waals surface area contributed by atoms with Crippen molar-refractivity contribution >= 4 is 5.69 Å². The summed E-state index contributed by atoms with van der Waals surface area (Å²) in [5.74, 6) is 0. The van der Waals surface area contributed by atoms with Gasteiger partial charge in [0.2, 0.25) is 0 Å². The Balaban J connectivity index is 1.75. The Labute approximate surface area is 180 Å². The second kappa shape index (κ2) is 9.98. The van der Waals surface area contributed by atoms with E-state index >= 15 is 0 Å². The van der Waals surface area contributed by atoms with Crippen molar-refractivity contribution < 1.29 is 0 Å². The molecule has 4 rings (SSSR count). The van der Waals surface area contributed by atoms with Gasteiger partial charge in [-0.15, -0.1) is 0 Å². The van der Waals surface area contributed by atoms with Crippen molar-refractivity contribution in [2.75, 3.05) is 11.9 Å². The molecule has 0 unspecified atom stereocenters. The lowest BCUT2D eigenvalue weighted by Crippen LogP contribution is -2.21. The molecule has 0 aliphatic heterocycles. The Morgan fingerprint density at radius 3 is 1.80 bits per heavy atom. The highest BCUT2D eigenvalue weighted by Crippen LogP contribution is 2.38. The Bertz CT molecular complexity index is 959. The normalized spacial score (nSPS) is 13.4. The summed E-state index contributed by atoms with van der Waals surface area (Å²) in [6.45, 7) is 3.24. The second-order valence-electron chi connectivity index (χ2n) is 7.68. The average Bonchev–Trinajstić information content (AvgIpc) is 2.81. The number of para-hydroxylation sites is 1. The Hall–Kier alpha value is -3.26. The van der Waals surface area contributed by atoms with Crippen molar-refractivity contribution in [1.29, 1.82) is 0 Å². The maximum atomic E-state index is 3.82. The highest BCUT2D eigenvalue weighted by molar-refractivity contribution is 5.91. The smallest absolute Gasteiger partial charge is 0.0576 e. The predicted octanol–water partition coefficient (Wildman–Crippen LogP) is 7.38. The van der Waals surface area contributed by atoms with Gasteiger partial charge in [-0.2, -0.15) is 0 Å². The molecular weight excluding hydrogens is 364 g/mol. The standard InChI is InChI=1S/C28H30N2/c1-2-3-21-29-26-19-10-11-20-27(26)30-28-24(22-13-6-4-7-14-22)17-12-18-25(28)23-15-8-5-9-16-23/h4-9,12-20,29-30H,2-3,10-11,21H2,1H3. The number of hydrogen-bond acceptors (Lipinski definition) is 2. The van der Waals surface area contributed by atoms with Gasteiger partial charge in [-0.3, -0.25) is 0 Å². The predicted molar refractivity (Wildman–Crippen MR) is 129 cm³/mol. The molecule has 0 bridgehead atoms. The quantitative estimate of drug-likeness (QED) is 0.389. The summed E-state index contributed by atoms with van der Waals surface area (Å²) in [4.78, 5) is 0. The summed E-state index contributed by atoms with van der Waals surface area (Å²) in [6.07, 6.45) is 9.18. The van der Waals surface area contributed by atoms with Gasteiger partial charge >= 0.3 is 0 Å². The molecule has 152 valence electrons. The van der Waals surface area contributed by atoms with Crippen molar-refractivity contribution in [3.63, 3.8) is 0 Å². The highest BCUT2D eigenvalue weighted by atomic mass is 15.0. The van der Waals surface area contributed by atoms with Crippen LogP contribution >= 0.6 is 0 Å². The van der Waals surface area contributed by atoms with Crippen LogP contribution in [0.2, 0.25) is 0 Å². The average molecular weight is 395 g/mol. The Morgan fingerprint density at radius 1 is 0.667 bits per heavy atom. The minimum Gasteiger partial charge on any atom is -0.384 e. The summed E-state index contributed by atoms with van der Waals surface area (Å²) in [7, 11) is 0. The van der Waals surface area contributed by atoms with E-state index in [4.69, 9.17) is 0 Å². The van der Waals surface area contributed by atoms with Gasteiger partial charge in [0.1, 0.15) is 0 Å². The molecule has 2 N–H and O–H groups in total. The van der Waals surface area contributed by atoms with E-state index in [1.54, 1.807) is 0 Å². The zero-order valence-corrected chi connectivity index (χ0v) is 17.7. The molecule has 0 aromatic heterocycles. The molecule has 0 atom stereocenters. The maximum absolute atomic E-state index is 3.82. The second-order valence-corrected chi connectivity index (χ2v) is 7.68. The first-order valence-corrected chi connectivity index (χ1v) is 11.0. The molecule has 0 saturated heterocycles. The fraction of sp³-hybridized carbons (Fsp3) is 0.214. The molecule has 0 heterocycles. The number of nitrogens with one attached hydrogen (secondary N) is 2. The maximum Gasteiger partial charge on any atom is 0.0576 e. The highest BCUT2D eigenvalue weighted by Gasteiger charge is 2.16. The molecular formula is C28H30N2. The fourth-order valence-corrected chi connectivity index (χ4v) is 3.90. The first-order valence-electron chi connectivity index (χ1n) is 11.0. The van der Waals surface area contributed by atoms with Crippen LogP contribution in [0, 0.1) is 0 Å². The third-order valence-electron chi connectivity index (χ3n) is 5.49. The van der Waals surface area contributed by atoms with Crippen molar-refractivity contribution in [3.05, 3.63) is 102 Å². The van der Waals surface area contributed by atoms with Gasteiger partial charge in [0, 0.05) is 17.7 Å². The number of benzene rings is 3. The molecule has 0 amide bonds. The molecule has 2 heteroatoms. The molecule has 2 nitrogen and oxygen atoms in total. The van der Waals surface area contributed by atoms with Crippen LogP contribution in [0.3, 0.4) is 0 Å². The van der Waals surface area contributed by atoms with Crippen LogP contribution in [-0.2, 0) is 0 Å². The van der Waals surface area contributed by atoms with Gasteiger partial charge < -0.3 is 10.6 Å². The van der Waals surface area contributed by atoms with Crippen LogP contribution in [0.15, 0.2) is 102 Å². The van der Waals surface area contributed by atoms with Crippen LogP contribution < -0.4 is 10.6 Å². The SMILES string of the molecule is CCCCNC1=CCCC=C1Nc1c(-c2ccccc2)cccc1-c1ccccc1. The molecule has 0 spiro atoms. The molecule has 30 heavy (non-hydrogen) atoms. The summed E-state index contributed by atoms with van der Waals surface area (Å²) in [5.41, 5.74) is 8.44. The first-order chi connectivity index (χ1) is 14.9. The fourth-order valence-electron chi connectivity index (χ4n) is 3.90. The van der Waals surface area contributed by atoms with E-state index in [9.17, 15) is 0 Å². The lowest BCUT2D eigenvalue weighted by atomic mass is 9.95. The Kier molecular flexibility index (Phi) is 6.66. The van der Waals surface area contributed by atoms with E-state index in [-0.39, 0.29) is 0 Å².